The summed E-state index contributed by atoms with van der Waals surface area (Å²) in [5.41, 5.74) is 4.28. The summed E-state index contributed by atoms with van der Waals surface area (Å²) in [5.74, 6) is 1.69. The molecule has 160 valence electrons. The second-order valence-electron chi connectivity index (χ2n) is 8.11. The molecule has 0 unspecified atom stereocenters. The Bertz CT molecular complexity index is 975. The van der Waals surface area contributed by atoms with Crippen molar-refractivity contribution in [1.82, 2.24) is 10.1 Å². The molecule has 7 heteroatoms. The second kappa shape index (κ2) is 10.2. The van der Waals surface area contributed by atoms with Gasteiger partial charge in [0.05, 0.1) is 0 Å². The lowest BCUT2D eigenvalue weighted by Crippen LogP contribution is -1.93. The van der Waals surface area contributed by atoms with Gasteiger partial charge in [0, 0.05) is 17.3 Å². The molecule has 0 bridgehead atoms. The van der Waals surface area contributed by atoms with Crippen molar-refractivity contribution < 1.29 is 18.9 Å². The molecule has 0 amide bonds. The lowest BCUT2D eigenvalue weighted by atomic mass is 10.0. The Hall–Kier alpha value is -2.27. The summed E-state index contributed by atoms with van der Waals surface area (Å²) in [5, 5.41) is 4.11. The molecule has 1 aromatic heterocycles. The van der Waals surface area contributed by atoms with Gasteiger partial charge >= 0.3 is 7.60 Å². The Balaban J connectivity index is 1.56. The van der Waals surface area contributed by atoms with Crippen molar-refractivity contribution in [1.29, 1.82) is 0 Å². The van der Waals surface area contributed by atoms with Gasteiger partial charge in [-0.25, -0.2) is 0 Å². The van der Waals surface area contributed by atoms with E-state index in [2.05, 4.69) is 36.1 Å². The lowest BCUT2D eigenvalue weighted by Gasteiger charge is -2.04. The third-order valence-corrected chi connectivity index (χ3v) is 5.80. The fourth-order valence-electron chi connectivity index (χ4n) is 3.36. The van der Waals surface area contributed by atoms with Crippen LogP contribution in [0.1, 0.15) is 44.2 Å². The highest BCUT2D eigenvalue weighted by Gasteiger charge is 2.12. The van der Waals surface area contributed by atoms with Crippen molar-refractivity contribution in [3.05, 3.63) is 59.7 Å². The summed E-state index contributed by atoms with van der Waals surface area (Å²) >= 11 is 0. The maximum Gasteiger partial charge on any atom is 0.325 e. The minimum absolute atomic E-state index is 0.0352. The molecule has 3 aromatic rings. The van der Waals surface area contributed by atoms with Crippen LogP contribution in [0, 0.1) is 5.92 Å². The zero-order chi connectivity index (χ0) is 21.6. The van der Waals surface area contributed by atoms with Crippen molar-refractivity contribution in [2.45, 2.75) is 46.0 Å². The molecule has 2 N–H and O–H groups in total. The van der Waals surface area contributed by atoms with Crippen molar-refractivity contribution >= 4 is 7.60 Å². The van der Waals surface area contributed by atoms with Gasteiger partial charge < -0.3 is 14.3 Å². The standard InChI is InChI=1S/C23H29N2O4P/c1-17(2)16-19-9-13-21(14-10-19)23-24-22(25-29-23)20-11-7-18(8-12-20)6-4-3-5-15-30(26,27)28/h7-14,17H,3-6,15-16H2,1-2H3,(H2,26,27,28). The highest BCUT2D eigenvalue weighted by atomic mass is 31.2. The third kappa shape index (κ3) is 6.91. The Morgan fingerprint density at radius 3 is 2.17 bits per heavy atom. The van der Waals surface area contributed by atoms with Crippen LogP contribution in [-0.4, -0.2) is 26.1 Å². The first-order chi connectivity index (χ1) is 14.3. The normalized spacial score (nSPS) is 11.9. The largest absolute Gasteiger partial charge is 0.334 e. The first kappa shape index (κ1) is 22.4. The summed E-state index contributed by atoms with van der Waals surface area (Å²) in [6.07, 6.45) is 4.14. The smallest absolute Gasteiger partial charge is 0.325 e. The molecular weight excluding hydrogens is 399 g/mol. The maximum atomic E-state index is 10.9. The van der Waals surface area contributed by atoms with Crippen LogP contribution in [0.5, 0.6) is 0 Å². The van der Waals surface area contributed by atoms with E-state index < -0.39 is 7.60 Å². The van der Waals surface area contributed by atoms with Gasteiger partial charge in [0.2, 0.25) is 5.82 Å². The zero-order valence-electron chi connectivity index (χ0n) is 17.5. The maximum absolute atomic E-state index is 10.9. The molecule has 0 aliphatic rings. The number of nitrogens with zero attached hydrogens (tertiary/aromatic N) is 2. The molecule has 1 heterocycles. The molecule has 3 rings (SSSR count). The molecule has 0 aliphatic heterocycles. The average molecular weight is 428 g/mol. The first-order valence-electron chi connectivity index (χ1n) is 10.4. The van der Waals surface area contributed by atoms with Gasteiger partial charge in [-0.05, 0) is 54.9 Å². The van der Waals surface area contributed by atoms with E-state index in [-0.39, 0.29) is 6.16 Å². The van der Waals surface area contributed by atoms with Gasteiger partial charge in [-0.2, -0.15) is 4.98 Å². The van der Waals surface area contributed by atoms with Crippen molar-refractivity contribution in [2.24, 2.45) is 5.92 Å². The van der Waals surface area contributed by atoms with Crippen LogP contribution < -0.4 is 0 Å². The molecule has 30 heavy (non-hydrogen) atoms. The number of hydrogen-bond donors (Lipinski definition) is 2. The summed E-state index contributed by atoms with van der Waals surface area (Å²) in [6.45, 7) is 4.41. The Labute approximate surface area is 177 Å². The monoisotopic (exact) mass is 428 g/mol. The molecule has 0 aliphatic carbocycles. The molecule has 0 saturated heterocycles. The molecule has 6 nitrogen and oxygen atoms in total. The number of aryl methyl sites for hydroxylation is 1. The van der Waals surface area contributed by atoms with Gasteiger partial charge in [-0.1, -0.05) is 61.8 Å². The Kier molecular flexibility index (Phi) is 7.59. The first-order valence-corrected chi connectivity index (χ1v) is 12.2. The summed E-state index contributed by atoms with van der Waals surface area (Å²) < 4.78 is 16.3. The minimum atomic E-state index is -3.87. The van der Waals surface area contributed by atoms with Crippen LogP contribution in [0.15, 0.2) is 53.1 Å². The third-order valence-electron chi connectivity index (χ3n) is 4.90. The molecule has 0 atom stereocenters. The van der Waals surface area contributed by atoms with E-state index >= 15 is 0 Å². The van der Waals surface area contributed by atoms with Crippen LogP contribution in [0.25, 0.3) is 22.8 Å². The van der Waals surface area contributed by atoms with Crippen LogP contribution in [0.3, 0.4) is 0 Å². The molecule has 0 radical (unpaired) electrons. The zero-order valence-corrected chi connectivity index (χ0v) is 18.4. The predicted octanol–water partition coefficient (Wildman–Crippen LogP) is 5.49. The summed E-state index contributed by atoms with van der Waals surface area (Å²) in [6, 6.07) is 16.3. The van der Waals surface area contributed by atoms with E-state index in [1.165, 1.54) is 11.1 Å². The van der Waals surface area contributed by atoms with Crippen molar-refractivity contribution in [3.8, 4) is 22.8 Å². The number of aromatic nitrogens is 2. The van der Waals surface area contributed by atoms with Crippen LogP contribution in [-0.2, 0) is 17.4 Å². The molecular formula is C23H29N2O4P. The highest BCUT2D eigenvalue weighted by Crippen LogP contribution is 2.35. The van der Waals surface area contributed by atoms with Gasteiger partial charge in [0.25, 0.3) is 5.89 Å². The van der Waals surface area contributed by atoms with Crippen molar-refractivity contribution in [2.75, 3.05) is 6.16 Å². The number of benzene rings is 2. The van der Waals surface area contributed by atoms with E-state index in [4.69, 9.17) is 14.3 Å². The Morgan fingerprint density at radius 2 is 1.53 bits per heavy atom. The van der Waals surface area contributed by atoms with E-state index in [0.717, 1.165) is 36.8 Å². The lowest BCUT2D eigenvalue weighted by molar-refractivity contribution is 0.371. The molecule has 2 aromatic carbocycles. The number of hydrogen-bond acceptors (Lipinski definition) is 4. The van der Waals surface area contributed by atoms with Gasteiger partial charge in [0.15, 0.2) is 0 Å². The Morgan fingerprint density at radius 1 is 0.900 bits per heavy atom. The SMILES string of the molecule is CC(C)Cc1ccc(-c2nc(-c3ccc(CCCCCP(=O)(O)O)cc3)no2)cc1. The fourth-order valence-corrected chi connectivity index (χ4v) is 3.99. The van der Waals surface area contributed by atoms with Crippen LogP contribution in [0.2, 0.25) is 0 Å². The van der Waals surface area contributed by atoms with E-state index in [1.54, 1.807) is 0 Å². The fraction of sp³-hybridized carbons (Fsp3) is 0.391. The average Bonchev–Trinajstić information content (AvgIpc) is 3.18. The summed E-state index contributed by atoms with van der Waals surface area (Å²) in [4.78, 5) is 22.3. The minimum Gasteiger partial charge on any atom is -0.334 e. The van der Waals surface area contributed by atoms with E-state index in [1.807, 2.05) is 36.4 Å². The topological polar surface area (TPSA) is 96.5 Å². The predicted molar refractivity (Wildman–Crippen MR) is 118 cm³/mol. The van der Waals surface area contributed by atoms with Crippen LogP contribution in [0.4, 0.5) is 0 Å². The second-order valence-corrected chi connectivity index (χ2v) is 9.89. The quantitative estimate of drug-likeness (QED) is 0.327. The molecule has 0 spiro atoms. The molecule has 0 saturated carbocycles. The number of rotatable bonds is 10. The van der Waals surface area contributed by atoms with Crippen LogP contribution >= 0.6 is 7.60 Å². The van der Waals surface area contributed by atoms with Gasteiger partial charge in [-0.15, -0.1) is 0 Å². The number of unbranched alkanes of at least 4 members (excludes halogenated alkanes) is 2. The van der Waals surface area contributed by atoms with Gasteiger partial charge in [-0.3, -0.25) is 4.57 Å². The molecule has 0 fully saturated rings. The van der Waals surface area contributed by atoms with Crippen molar-refractivity contribution in [3.63, 3.8) is 0 Å². The van der Waals surface area contributed by atoms with Gasteiger partial charge in [0.1, 0.15) is 0 Å². The highest BCUT2D eigenvalue weighted by molar-refractivity contribution is 7.51. The van der Waals surface area contributed by atoms with E-state index in [9.17, 15) is 4.57 Å². The van der Waals surface area contributed by atoms with E-state index in [0.29, 0.717) is 24.1 Å². The summed E-state index contributed by atoms with van der Waals surface area (Å²) in [7, 11) is -3.87.